The van der Waals surface area contributed by atoms with E-state index in [1.54, 1.807) is 0 Å². The first-order valence-electron chi connectivity index (χ1n) is 9.07. The third-order valence-corrected chi connectivity index (χ3v) is 4.30. The molecule has 0 atom stereocenters. The van der Waals surface area contributed by atoms with Crippen LogP contribution in [-0.4, -0.2) is 61.5 Å². The van der Waals surface area contributed by atoms with E-state index in [4.69, 9.17) is 9.47 Å². The van der Waals surface area contributed by atoms with Crippen LogP contribution in [0.4, 0.5) is 0 Å². The number of guanidine groups is 1. The lowest BCUT2D eigenvalue weighted by Gasteiger charge is -2.31. The Bertz CT molecular complexity index is 545. The van der Waals surface area contributed by atoms with Gasteiger partial charge in [-0.3, -0.25) is 4.99 Å². The third-order valence-electron chi connectivity index (χ3n) is 4.30. The van der Waals surface area contributed by atoms with Gasteiger partial charge in [-0.25, -0.2) is 0 Å². The Morgan fingerprint density at radius 3 is 2.50 bits per heavy atom. The van der Waals surface area contributed by atoms with Crippen molar-refractivity contribution in [1.29, 1.82) is 0 Å². The van der Waals surface area contributed by atoms with Crippen LogP contribution in [0, 0.1) is 0 Å². The number of aliphatic hydroxyl groups is 1. The van der Waals surface area contributed by atoms with Crippen molar-refractivity contribution in [2.75, 3.05) is 40.0 Å². The van der Waals surface area contributed by atoms with Crippen molar-refractivity contribution >= 4 is 29.9 Å². The molecule has 1 heterocycles. The van der Waals surface area contributed by atoms with E-state index in [0.717, 1.165) is 24.8 Å². The van der Waals surface area contributed by atoms with Gasteiger partial charge in [0.15, 0.2) is 5.96 Å². The molecule has 26 heavy (non-hydrogen) atoms. The molecular weight excluding hydrogens is 445 g/mol. The fourth-order valence-corrected chi connectivity index (χ4v) is 2.81. The lowest BCUT2D eigenvalue weighted by atomic mass is 9.95. The van der Waals surface area contributed by atoms with Gasteiger partial charge >= 0.3 is 0 Å². The molecule has 0 aromatic heterocycles. The quantitative estimate of drug-likeness (QED) is 0.359. The zero-order chi connectivity index (χ0) is 18.1. The zero-order valence-corrected chi connectivity index (χ0v) is 18.4. The number of nitrogens with zero attached hydrogens (tertiary/aromatic N) is 2. The lowest BCUT2D eigenvalue weighted by molar-refractivity contribution is -0.0566. The van der Waals surface area contributed by atoms with E-state index in [2.05, 4.69) is 27.3 Å². The molecule has 1 aliphatic heterocycles. The predicted octanol–water partition coefficient (Wildman–Crippen LogP) is 2.64. The van der Waals surface area contributed by atoms with Crippen molar-refractivity contribution in [3.63, 3.8) is 0 Å². The summed E-state index contributed by atoms with van der Waals surface area (Å²) in [6.07, 6.45) is 1.27. The standard InChI is InChI=1S/C19H31N3O3.HI/c1-4-20-18(21-15-19(23)10-12-24-13-11-19)22(3)14-16-6-8-17(9-7-16)25-5-2;/h6-9,23H,4-5,10-15H2,1-3H3,(H,20,21);1H. The average molecular weight is 477 g/mol. The molecule has 0 bridgehead atoms. The maximum Gasteiger partial charge on any atom is 0.194 e. The molecule has 1 aromatic rings. The zero-order valence-electron chi connectivity index (χ0n) is 16.0. The van der Waals surface area contributed by atoms with E-state index >= 15 is 0 Å². The average Bonchev–Trinajstić information content (AvgIpc) is 2.61. The maximum atomic E-state index is 10.6. The van der Waals surface area contributed by atoms with Gasteiger partial charge in [-0.15, -0.1) is 24.0 Å². The van der Waals surface area contributed by atoms with Crippen LogP contribution in [0.2, 0.25) is 0 Å². The number of hydrogen-bond donors (Lipinski definition) is 2. The number of halogens is 1. The van der Waals surface area contributed by atoms with Crippen molar-refractivity contribution in [2.24, 2.45) is 4.99 Å². The van der Waals surface area contributed by atoms with Gasteiger partial charge in [-0.1, -0.05) is 12.1 Å². The maximum absolute atomic E-state index is 10.6. The molecule has 148 valence electrons. The summed E-state index contributed by atoms with van der Waals surface area (Å²) in [4.78, 5) is 6.72. The Labute approximate surface area is 174 Å². The van der Waals surface area contributed by atoms with Gasteiger partial charge in [0.1, 0.15) is 5.75 Å². The summed E-state index contributed by atoms with van der Waals surface area (Å²) >= 11 is 0. The number of ether oxygens (including phenoxy) is 2. The fraction of sp³-hybridized carbons (Fsp3) is 0.632. The Morgan fingerprint density at radius 1 is 1.27 bits per heavy atom. The van der Waals surface area contributed by atoms with Gasteiger partial charge in [0.05, 0.1) is 18.8 Å². The van der Waals surface area contributed by atoms with Gasteiger partial charge in [0, 0.05) is 46.2 Å². The van der Waals surface area contributed by atoms with Gasteiger partial charge in [-0.2, -0.15) is 0 Å². The summed E-state index contributed by atoms with van der Waals surface area (Å²) in [5, 5.41) is 13.9. The number of nitrogens with one attached hydrogen (secondary N) is 1. The number of benzene rings is 1. The third kappa shape index (κ3) is 7.28. The highest BCUT2D eigenvalue weighted by Crippen LogP contribution is 2.21. The van der Waals surface area contributed by atoms with Crippen LogP contribution in [0.25, 0.3) is 0 Å². The molecule has 1 fully saturated rings. The second-order valence-electron chi connectivity index (χ2n) is 6.44. The molecule has 0 spiro atoms. The van der Waals surface area contributed by atoms with Crippen molar-refractivity contribution in [3.05, 3.63) is 29.8 Å². The highest BCUT2D eigenvalue weighted by atomic mass is 127. The minimum absolute atomic E-state index is 0. The van der Waals surface area contributed by atoms with Crippen LogP contribution in [-0.2, 0) is 11.3 Å². The van der Waals surface area contributed by atoms with Crippen LogP contribution in [0.1, 0.15) is 32.3 Å². The van der Waals surface area contributed by atoms with Crippen LogP contribution in [0.3, 0.4) is 0 Å². The van der Waals surface area contributed by atoms with E-state index in [1.165, 1.54) is 5.56 Å². The highest BCUT2D eigenvalue weighted by molar-refractivity contribution is 14.0. The van der Waals surface area contributed by atoms with Crippen molar-refractivity contribution in [2.45, 2.75) is 38.8 Å². The van der Waals surface area contributed by atoms with E-state index in [-0.39, 0.29) is 24.0 Å². The van der Waals surface area contributed by atoms with Crippen LogP contribution in [0.5, 0.6) is 5.75 Å². The lowest BCUT2D eigenvalue weighted by Crippen LogP contribution is -2.43. The topological polar surface area (TPSA) is 66.3 Å². The molecule has 6 nitrogen and oxygen atoms in total. The smallest absolute Gasteiger partial charge is 0.194 e. The van der Waals surface area contributed by atoms with Gasteiger partial charge in [0.25, 0.3) is 0 Å². The molecule has 0 unspecified atom stereocenters. The first kappa shape index (κ1) is 23.0. The molecule has 1 aromatic carbocycles. The normalized spacial score (nSPS) is 16.5. The van der Waals surface area contributed by atoms with Gasteiger partial charge in [0.2, 0.25) is 0 Å². The second kappa shape index (κ2) is 11.6. The second-order valence-corrected chi connectivity index (χ2v) is 6.44. The van der Waals surface area contributed by atoms with E-state index < -0.39 is 5.60 Å². The van der Waals surface area contributed by atoms with E-state index in [0.29, 0.717) is 39.2 Å². The number of hydrogen-bond acceptors (Lipinski definition) is 4. The fourth-order valence-electron chi connectivity index (χ4n) is 2.81. The minimum Gasteiger partial charge on any atom is -0.494 e. The van der Waals surface area contributed by atoms with Crippen LogP contribution >= 0.6 is 24.0 Å². The summed E-state index contributed by atoms with van der Waals surface area (Å²) in [5.41, 5.74) is 0.431. The SMILES string of the molecule is CCNC(=NCC1(O)CCOCC1)N(C)Cc1ccc(OCC)cc1.I. The summed E-state index contributed by atoms with van der Waals surface area (Å²) in [6, 6.07) is 8.11. The van der Waals surface area contributed by atoms with E-state index in [1.807, 2.05) is 33.0 Å². The summed E-state index contributed by atoms with van der Waals surface area (Å²) in [5.74, 6) is 1.69. The number of rotatable bonds is 7. The Morgan fingerprint density at radius 2 is 1.92 bits per heavy atom. The Kier molecular flexibility index (Phi) is 10.3. The molecule has 0 aliphatic carbocycles. The molecule has 1 saturated heterocycles. The van der Waals surface area contributed by atoms with Gasteiger partial charge in [-0.05, 0) is 31.5 Å². The summed E-state index contributed by atoms with van der Waals surface area (Å²) < 4.78 is 10.8. The minimum atomic E-state index is -0.751. The predicted molar refractivity (Wildman–Crippen MR) is 115 cm³/mol. The largest absolute Gasteiger partial charge is 0.494 e. The van der Waals surface area contributed by atoms with E-state index in [9.17, 15) is 5.11 Å². The monoisotopic (exact) mass is 477 g/mol. The van der Waals surface area contributed by atoms with Gasteiger partial charge < -0.3 is 24.8 Å². The molecule has 0 saturated carbocycles. The molecule has 0 amide bonds. The summed E-state index contributed by atoms with van der Waals surface area (Å²) in [6.45, 7) is 7.82. The molecule has 2 N–H and O–H groups in total. The molecule has 7 heteroatoms. The van der Waals surface area contributed by atoms with Crippen molar-refractivity contribution < 1.29 is 14.6 Å². The molecule has 0 radical (unpaired) electrons. The van der Waals surface area contributed by atoms with Crippen molar-refractivity contribution in [3.8, 4) is 5.75 Å². The molecule has 2 rings (SSSR count). The van der Waals surface area contributed by atoms with Crippen LogP contribution in [0.15, 0.2) is 29.3 Å². The van der Waals surface area contributed by atoms with Crippen molar-refractivity contribution in [1.82, 2.24) is 10.2 Å². The molecular formula is C19H32IN3O3. The first-order valence-corrected chi connectivity index (χ1v) is 9.07. The molecule has 1 aliphatic rings. The highest BCUT2D eigenvalue weighted by Gasteiger charge is 2.29. The van der Waals surface area contributed by atoms with Crippen LogP contribution < -0.4 is 10.1 Å². The Balaban J connectivity index is 0.00000338. The Hall–Kier alpha value is -1.06. The summed E-state index contributed by atoms with van der Waals surface area (Å²) in [7, 11) is 2.01. The number of aliphatic imine (C=N–C) groups is 1. The first-order chi connectivity index (χ1) is 12.1.